The lowest BCUT2D eigenvalue weighted by atomic mass is 9.92. The Kier molecular flexibility index (Phi) is 7.17. The van der Waals surface area contributed by atoms with Crippen molar-refractivity contribution in [1.82, 2.24) is 4.90 Å². The molecule has 0 aliphatic carbocycles. The average Bonchev–Trinajstić information content (AvgIpc) is 3.35. The summed E-state index contributed by atoms with van der Waals surface area (Å²) in [5.74, 6) is 0.591. The van der Waals surface area contributed by atoms with E-state index < -0.39 is 6.36 Å². The van der Waals surface area contributed by atoms with Gasteiger partial charge in [-0.25, -0.2) is 0 Å². The maximum Gasteiger partial charge on any atom is 0.573 e. The van der Waals surface area contributed by atoms with Gasteiger partial charge in [0.15, 0.2) is 5.88 Å². The van der Waals surface area contributed by atoms with Crippen molar-refractivity contribution in [2.75, 3.05) is 13.2 Å². The van der Waals surface area contributed by atoms with E-state index in [-0.39, 0.29) is 5.75 Å². The number of rotatable bonds is 7. The molecule has 1 fully saturated rings. The molecule has 37 heavy (non-hydrogen) atoms. The number of nitrogens with zero attached hydrogens (tertiary/aromatic N) is 1. The number of ether oxygens (including phenoxy) is 2. The molecular weight excluding hydrogens is 475 g/mol. The summed E-state index contributed by atoms with van der Waals surface area (Å²) in [5, 5.41) is 0. The van der Waals surface area contributed by atoms with Crippen LogP contribution in [0.15, 0.2) is 115 Å². The third-order valence-electron chi connectivity index (χ3n) is 6.25. The van der Waals surface area contributed by atoms with Crippen molar-refractivity contribution >= 4 is 5.57 Å². The Hall–Kier alpha value is -4.19. The molecule has 6 heteroatoms. The predicted octanol–water partition coefficient (Wildman–Crippen LogP) is 7.70. The zero-order valence-corrected chi connectivity index (χ0v) is 20.1. The molecule has 0 saturated carbocycles. The van der Waals surface area contributed by atoms with Crippen molar-refractivity contribution in [3.05, 3.63) is 132 Å². The van der Waals surface area contributed by atoms with Crippen LogP contribution in [0, 0.1) is 0 Å². The van der Waals surface area contributed by atoms with Crippen LogP contribution in [0.3, 0.4) is 0 Å². The molecule has 0 spiro atoms. The highest BCUT2D eigenvalue weighted by atomic mass is 19.4. The first-order valence-electron chi connectivity index (χ1n) is 12.1. The van der Waals surface area contributed by atoms with E-state index in [1.165, 1.54) is 17.7 Å². The summed E-state index contributed by atoms with van der Waals surface area (Å²) in [7, 11) is 0. The Bertz CT molecular complexity index is 1370. The summed E-state index contributed by atoms with van der Waals surface area (Å²) in [6.07, 6.45) is -4.20. The van der Waals surface area contributed by atoms with Crippen molar-refractivity contribution in [2.24, 2.45) is 0 Å². The maximum atomic E-state index is 12.8. The van der Waals surface area contributed by atoms with E-state index in [2.05, 4.69) is 33.9 Å². The van der Waals surface area contributed by atoms with Crippen LogP contribution in [0.2, 0.25) is 0 Å². The van der Waals surface area contributed by atoms with Gasteiger partial charge in [-0.3, -0.25) is 0 Å². The van der Waals surface area contributed by atoms with Crippen molar-refractivity contribution in [3.8, 4) is 16.9 Å². The lowest BCUT2D eigenvalue weighted by Crippen LogP contribution is -2.19. The van der Waals surface area contributed by atoms with E-state index in [9.17, 15) is 13.2 Å². The first-order valence-corrected chi connectivity index (χ1v) is 12.1. The third kappa shape index (κ3) is 6.15. The van der Waals surface area contributed by atoms with Crippen LogP contribution in [0.1, 0.15) is 16.7 Å². The molecule has 0 unspecified atom stereocenters. The van der Waals surface area contributed by atoms with Gasteiger partial charge in [-0.15, -0.1) is 13.2 Å². The van der Waals surface area contributed by atoms with Gasteiger partial charge in [0.05, 0.1) is 6.54 Å². The minimum Gasteiger partial charge on any atom is -0.477 e. The molecule has 0 radical (unpaired) electrons. The standard InChI is InChI=1S/C31H26F3NO2/c32-31(33,34)37-27-16-9-15-25(20-27)28-17-8-7-14-26(28)21-29(24-12-5-2-6-13-24)30-35(18-19-36-30)22-23-10-3-1-4-11-23/h1-17,20H,18-19,21-22H2/b30-29-. The lowest BCUT2D eigenvalue weighted by Gasteiger charge is -2.22. The summed E-state index contributed by atoms with van der Waals surface area (Å²) >= 11 is 0. The Morgan fingerprint density at radius 2 is 1.51 bits per heavy atom. The lowest BCUT2D eigenvalue weighted by molar-refractivity contribution is -0.274. The number of halogens is 3. The average molecular weight is 502 g/mol. The van der Waals surface area contributed by atoms with Gasteiger partial charge in [0, 0.05) is 18.5 Å². The van der Waals surface area contributed by atoms with Crippen LogP contribution < -0.4 is 4.74 Å². The van der Waals surface area contributed by atoms with Crippen molar-refractivity contribution in [3.63, 3.8) is 0 Å². The molecule has 4 aromatic rings. The molecule has 1 aliphatic heterocycles. The second-order valence-corrected chi connectivity index (χ2v) is 8.81. The van der Waals surface area contributed by atoms with E-state index in [4.69, 9.17) is 4.74 Å². The Morgan fingerprint density at radius 3 is 2.27 bits per heavy atom. The first-order chi connectivity index (χ1) is 18.0. The van der Waals surface area contributed by atoms with E-state index in [0.29, 0.717) is 18.6 Å². The van der Waals surface area contributed by atoms with Gasteiger partial charge < -0.3 is 14.4 Å². The van der Waals surface area contributed by atoms with Crippen LogP contribution in [0.25, 0.3) is 16.7 Å². The van der Waals surface area contributed by atoms with E-state index in [1.54, 1.807) is 12.1 Å². The molecule has 188 valence electrons. The molecule has 0 aromatic heterocycles. The predicted molar refractivity (Wildman–Crippen MR) is 138 cm³/mol. The molecule has 4 aromatic carbocycles. The fourth-order valence-corrected chi connectivity index (χ4v) is 4.63. The molecule has 1 saturated heterocycles. The highest BCUT2D eigenvalue weighted by Crippen LogP contribution is 2.35. The topological polar surface area (TPSA) is 21.7 Å². The summed E-state index contributed by atoms with van der Waals surface area (Å²) in [4.78, 5) is 2.25. The minimum absolute atomic E-state index is 0.241. The van der Waals surface area contributed by atoms with Gasteiger partial charge in [0.1, 0.15) is 12.4 Å². The highest BCUT2D eigenvalue weighted by molar-refractivity contribution is 5.75. The SMILES string of the molecule is FC(F)(F)Oc1cccc(-c2ccccc2C/C(=C2/OCCN2Cc2ccccc2)c2ccccc2)c1. The summed E-state index contributed by atoms with van der Waals surface area (Å²) in [5.41, 5.74) is 5.75. The van der Waals surface area contributed by atoms with Gasteiger partial charge in [-0.1, -0.05) is 97.1 Å². The molecule has 5 rings (SSSR count). The van der Waals surface area contributed by atoms with Crippen molar-refractivity contribution < 1.29 is 22.6 Å². The second kappa shape index (κ2) is 10.8. The second-order valence-electron chi connectivity index (χ2n) is 8.81. The smallest absolute Gasteiger partial charge is 0.477 e. The van der Waals surface area contributed by atoms with Gasteiger partial charge in [-0.2, -0.15) is 0 Å². The van der Waals surface area contributed by atoms with Crippen molar-refractivity contribution in [1.29, 1.82) is 0 Å². The Labute approximate surface area is 214 Å². The quantitative estimate of drug-likeness (QED) is 0.259. The number of benzene rings is 4. The van der Waals surface area contributed by atoms with E-state index in [1.807, 2.05) is 60.7 Å². The Balaban J connectivity index is 1.54. The first kappa shape index (κ1) is 24.5. The Morgan fingerprint density at radius 1 is 0.811 bits per heavy atom. The molecule has 0 N–H and O–H groups in total. The number of hydrogen-bond acceptors (Lipinski definition) is 3. The van der Waals surface area contributed by atoms with Crippen LogP contribution in [-0.4, -0.2) is 24.4 Å². The molecule has 3 nitrogen and oxygen atoms in total. The van der Waals surface area contributed by atoms with Gasteiger partial charge in [0.25, 0.3) is 0 Å². The van der Waals surface area contributed by atoms with Crippen LogP contribution in [0.4, 0.5) is 13.2 Å². The molecule has 1 aliphatic rings. The van der Waals surface area contributed by atoms with E-state index >= 15 is 0 Å². The molecule has 1 heterocycles. The fraction of sp³-hybridized carbons (Fsp3) is 0.161. The van der Waals surface area contributed by atoms with Gasteiger partial charge in [-0.05, 0) is 39.9 Å². The fourth-order valence-electron chi connectivity index (χ4n) is 4.63. The molecule has 0 atom stereocenters. The summed E-state index contributed by atoms with van der Waals surface area (Å²) < 4.78 is 48.9. The van der Waals surface area contributed by atoms with E-state index in [0.717, 1.165) is 41.2 Å². The van der Waals surface area contributed by atoms with Crippen LogP contribution in [-0.2, 0) is 17.7 Å². The van der Waals surface area contributed by atoms with Crippen LogP contribution in [0.5, 0.6) is 5.75 Å². The molecule has 0 amide bonds. The largest absolute Gasteiger partial charge is 0.573 e. The number of allylic oxidation sites excluding steroid dienone is 1. The highest BCUT2D eigenvalue weighted by Gasteiger charge is 2.31. The normalized spacial score (nSPS) is 14.8. The third-order valence-corrected chi connectivity index (χ3v) is 6.25. The van der Waals surface area contributed by atoms with Gasteiger partial charge in [0.2, 0.25) is 0 Å². The zero-order valence-electron chi connectivity index (χ0n) is 20.1. The maximum absolute atomic E-state index is 12.8. The zero-order chi connectivity index (χ0) is 25.7. The van der Waals surface area contributed by atoms with Crippen LogP contribution >= 0.6 is 0 Å². The summed E-state index contributed by atoms with van der Waals surface area (Å²) in [6.45, 7) is 2.10. The minimum atomic E-state index is -4.74. The molecule has 0 bridgehead atoms. The van der Waals surface area contributed by atoms with Gasteiger partial charge >= 0.3 is 6.36 Å². The van der Waals surface area contributed by atoms with Crippen molar-refractivity contribution in [2.45, 2.75) is 19.3 Å². The monoisotopic (exact) mass is 501 g/mol. The summed E-state index contributed by atoms with van der Waals surface area (Å²) in [6, 6.07) is 34.2. The molecular formula is C31H26F3NO2. The number of hydrogen-bond donors (Lipinski definition) is 0. The number of alkyl halides is 3.